The first-order valence-electron chi connectivity index (χ1n) is 8.61. The molecule has 0 atom stereocenters. The second-order valence-electron chi connectivity index (χ2n) is 5.92. The summed E-state index contributed by atoms with van der Waals surface area (Å²) in [7, 11) is 3.15. The Morgan fingerprint density at radius 2 is 1.75 bits per heavy atom. The maximum Gasteiger partial charge on any atom is 0.270 e. The number of anilines is 2. The van der Waals surface area contributed by atoms with Gasteiger partial charge in [0, 0.05) is 36.8 Å². The molecule has 1 amide bonds. The Hall–Kier alpha value is -3.68. The van der Waals surface area contributed by atoms with E-state index in [9.17, 15) is 4.79 Å². The number of methoxy groups -OCH3 is 2. The normalized spacial score (nSPS) is 10.2. The van der Waals surface area contributed by atoms with Gasteiger partial charge in [0.05, 0.1) is 14.2 Å². The molecule has 1 aromatic carbocycles. The van der Waals surface area contributed by atoms with Crippen LogP contribution in [0.4, 0.5) is 11.5 Å². The van der Waals surface area contributed by atoms with Crippen molar-refractivity contribution in [1.29, 1.82) is 0 Å². The summed E-state index contributed by atoms with van der Waals surface area (Å²) in [5, 5.41) is 6.01. The lowest BCUT2D eigenvalue weighted by Crippen LogP contribution is -2.24. The number of aromatic nitrogens is 3. The van der Waals surface area contributed by atoms with Crippen molar-refractivity contribution in [2.24, 2.45) is 0 Å². The molecule has 0 aliphatic carbocycles. The van der Waals surface area contributed by atoms with E-state index in [1.165, 1.54) is 0 Å². The predicted molar refractivity (Wildman–Crippen MR) is 105 cm³/mol. The van der Waals surface area contributed by atoms with E-state index in [-0.39, 0.29) is 11.6 Å². The van der Waals surface area contributed by atoms with E-state index in [0.717, 1.165) is 11.3 Å². The standard InChI is InChI=1S/C20H21N5O3/c1-13-23-16(20(26)22-12-14-6-8-21-9-7-14)11-19(24-13)25-15-4-5-17(27-2)18(10-15)28-3/h4-11H,12H2,1-3H3,(H,22,26)(H,23,24,25). The zero-order valence-electron chi connectivity index (χ0n) is 15.9. The first-order valence-corrected chi connectivity index (χ1v) is 8.61. The molecule has 144 valence electrons. The molecule has 3 aromatic rings. The smallest absolute Gasteiger partial charge is 0.270 e. The van der Waals surface area contributed by atoms with Crippen LogP contribution < -0.4 is 20.1 Å². The maximum absolute atomic E-state index is 12.5. The van der Waals surface area contributed by atoms with Crippen LogP contribution in [0, 0.1) is 6.92 Å². The summed E-state index contributed by atoms with van der Waals surface area (Å²) in [6.07, 6.45) is 3.36. The van der Waals surface area contributed by atoms with Crippen molar-refractivity contribution in [2.45, 2.75) is 13.5 Å². The summed E-state index contributed by atoms with van der Waals surface area (Å²) in [5.41, 5.74) is 1.99. The highest BCUT2D eigenvalue weighted by Crippen LogP contribution is 2.30. The largest absolute Gasteiger partial charge is 0.493 e. The molecule has 0 radical (unpaired) electrons. The van der Waals surface area contributed by atoms with E-state index in [2.05, 4.69) is 25.6 Å². The minimum atomic E-state index is -0.280. The van der Waals surface area contributed by atoms with Crippen molar-refractivity contribution in [3.8, 4) is 11.5 Å². The lowest BCUT2D eigenvalue weighted by Gasteiger charge is -2.12. The number of nitrogens with one attached hydrogen (secondary N) is 2. The number of pyridine rings is 1. The van der Waals surface area contributed by atoms with E-state index >= 15 is 0 Å². The second kappa shape index (κ2) is 8.81. The van der Waals surface area contributed by atoms with E-state index in [0.29, 0.717) is 29.7 Å². The SMILES string of the molecule is COc1ccc(Nc2cc(C(=O)NCc3ccncc3)nc(C)n2)cc1OC. The molecule has 0 unspecified atom stereocenters. The van der Waals surface area contributed by atoms with Crippen LogP contribution in [0.3, 0.4) is 0 Å². The van der Waals surface area contributed by atoms with Crippen molar-refractivity contribution in [2.75, 3.05) is 19.5 Å². The average Bonchev–Trinajstić information content (AvgIpc) is 2.72. The van der Waals surface area contributed by atoms with Crippen LogP contribution in [0.1, 0.15) is 21.9 Å². The quantitative estimate of drug-likeness (QED) is 0.651. The molecule has 28 heavy (non-hydrogen) atoms. The number of amides is 1. The Balaban J connectivity index is 1.75. The average molecular weight is 379 g/mol. The zero-order chi connectivity index (χ0) is 19.9. The van der Waals surface area contributed by atoms with Crippen LogP contribution in [0.25, 0.3) is 0 Å². The summed E-state index contributed by atoms with van der Waals surface area (Å²) in [5.74, 6) is 1.93. The molecule has 8 nitrogen and oxygen atoms in total. The molecule has 2 N–H and O–H groups in total. The van der Waals surface area contributed by atoms with Gasteiger partial charge >= 0.3 is 0 Å². The third kappa shape index (κ3) is 4.73. The van der Waals surface area contributed by atoms with Crippen molar-refractivity contribution in [1.82, 2.24) is 20.3 Å². The number of hydrogen-bond donors (Lipinski definition) is 2. The Morgan fingerprint density at radius 3 is 2.46 bits per heavy atom. The molecule has 0 saturated heterocycles. The molecule has 0 fully saturated rings. The molecular formula is C20H21N5O3. The second-order valence-corrected chi connectivity index (χ2v) is 5.92. The van der Waals surface area contributed by atoms with Gasteiger partial charge in [0.25, 0.3) is 5.91 Å². The molecule has 3 rings (SSSR count). The fraction of sp³-hybridized carbons (Fsp3) is 0.200. The molecule has 0 aliphatic rings. The van der Waals surface area contributed by atoms with Gasteiger partial charge < -0.3 is 20.1 Å². The van der Waals surface area contributed by atoms with Gasteiger partial charge in [0.1, 0.15) is 17.3 Å². The third-order valence-electron chi connectivity index (χ3n) is 3.93. The minimum Gasteiger partial charge on any atom is -0.493 e. The van der Waals surface area contributed by atoms with Crippen LogP contribution in [-0.4, -0.2) is 35.1 Å². The molecule has 2 aromatic heterocycles. The molecule has 2 heterocycles. The van der Waals surface area contributed by atoms with Gasteiger partial charge in [-0.1, -0.05) is 0 Å². The molecule has 0 saturated carbocycles. The molecule has 8 heteroatoms. The topological polar surface area (TPSA) is 98.3 Å². The number of ether oxygens (including phenoxy) is 2. The van der Waals surface area contributed by atoms with Crippen LogP contribution in [0.5, 0.6) is 11.5 Å². The highest BCUT2D eigenvalue weighted by atomic mass is 16.5. The van der Waals surface area contributed by atoms with Gasteiger partial charge in [-0.3, -0.25) is 9.78 Å². The third-order valence-corrected chi connectivity index (χ3v) is 3.93. The maximum atomic E-state index is 12.5. The van der Waals surface area contributed by atoms with Gasteiger partial charge in [0.15, 0.2) is 11.5 Å². The van der Waals surface area contributed by atoms with Crippen molar-refractivity contribution >= 4 is 17.4 Å². The number of carbonyl (C=O) groups excluding carboxylic acids is 1. The molecule has 0 spiro atoms. The Labute approximate surface area is 163 Å². The predicted octanol–water partition coefficient (Wildman–Crippen LogP) is 2.87. The lowest BCUT2D eigenvalue weighted by molar-refractivity contribution is 0.0945. The van der Waals surface area contributed by atoms with Crippen LogP contribution in [0.15, 0.2) is 48.8 Å². The first kappa shape index (κ1) is 19.1. The Morgan fingerprint density at radius 1 is 1.00 bits per heavy atom. The highest BCUT2D eigenvalue weighted by Gasteiger charge is 2.12. The number of carbonyl (C=O) groups is 1. The van der Waals surface area contributed by atoms with E-state index < -0.39 is 0 Å². The number of aryl methyl sites for hydroxylation is 1. The zero-order valence-corrected chi connectivity index (χ0v) is 15.9. The monoisotopic (exact) mass is 379 g/mol. The summed E-state index contributed by atoms with van der Waals surface area (Å²) >= 11 is 0. The van der Waals surface area contributed by atoms with E-state index in [4.69, 9.17) is 9.47 Å². The van der Waals surface area contributed by atoms with Crippen LogP contribution in [0.2, 0.25) is 0 Å². The Kier molecular flexibility index (Phi) is 6.01. The fourth-order valence-electron chi connectivity index (χ4n) is 2.58. The van der Waals surface area contributed by atoms with Crippen molar-refractivity contribution < 1.29 is 14.3 Å². The highest BCUT2D eigenvalue weighted by molar-refractivity contribution is 5.93. The van der Waals surface area contributed by atoms with E-state index in [1.54, 1.807) is 51.7 Å². The van der Waals surface area contributed by atoms with Gasteiger partial charge in [0.2, 0.25) is 0 Å². The summed E-state index contributed by atoms with van der Waals surface area (Å²) in [6, 6.07) is 10.7. The lowest BCUT2D eigenvalue weighted by atomic mass is 10.2. The molecule has 0 aliphatic heterocycles. The number of benzene rings is 1. The van der Waals surface area contributed by atoms with Crippen LogP contribution in [-0.2, 0) is 6.54 Å². The Bertz CT molecular complexity index is 963. The molecular weight excluding hydrogens is 358 g/mol. The van der Waals surface area contributed by atoms with Crippen molar-refractivity contribution in [3.63, 3.8) is 0 Å². The van der Waals surface area contributed by atoms with Crippen LogP contribution >= 0.6 is 0 Å². The summed E-state index contributed by atoms with van der Waals surface area (Å²) < 4.78 is 10.5. The number of hydrogen-bond acceptors (Lipinski definition) is 7. The van der Waals surface area contributed by atoms with Gasteiger partial charge in [-0.2, -0.15) is 0 Å². The first-order chi connectivity index (χ1) is 13.6. The van der Waals surface area contributed by atoms with Gasteiger partial charge in [-0.25, -0.2) is 9.97 Å². The van der Waals surface area contributed by atoms with E-state index in [1.807, 2.05) is 18.2 Å². The molecule has 0 bridgehead atoms. The summed E-state index contributed by atoms with van der Waals surface area (Å²) in [6.45, 7) is 2.13. The summed E-state index contributed by atoms with van der Waals surface area (Å²) in [4.78, 5) is 25.0. The van der Waals surface area contributed by atoms with Gasteiger partial charge in [-0.05, 0) is 36.8 Å². The number of rotatable bonds is 7. The van der Waals surface area contributed by atoms with Gasteiger partial charge in [-0.15, -0.1) is 0 Å². The fourth-order valence-corrected chi connectivity index (χ4v) is 2.58. The van der Waals surface area contributed by atoms with Crippen molar-refractivity contribution in [3.05, 3.63) is 65.9 Å². The minimum absolute atomic E-state index is 0.280. The number of nitrogens with zero attached hydrogens (tertiary/aromatic N) is 3.